The molecule has 4 rings (SSSR count). The Morgan fingerprint density at radius 2 is 1.31 bits per heavy atom. The van der Waals surface area contributed by atoms with E-state index in [9.17, 15) is 8.42 Å². The Morgan fingerprint density at radius 3 is 1.86 bits per heavy atom. The van der Waals surface area contributed by atoms with Gasteiger partial charge >= 0.3 is 0 Å². The molecule has 0 radical (unpaired) electrons. The van der Waals surface area contributed by atoms with Gasteiger partial charge in [-0.25, -0.2) is 0 Å². The molecule has 184 valence electrons. The van der Waals surface area contributed by atoms with Crippen molar-refractivity contribution in [2.75, 3.05) is 5.32 Å². The van der Waals surface area contributed by atoms with Gasteiger partial charge in [-0.05, 0) is 65.9 Å². The smallest absolute Gasteiger partial charge is 0.284 e. The van der Waals surface area contributed by atoms with Crippen LogP contribution in [0.4, 0.5) is 5.69 Å². The fraction of sp³-hybridized carbons (Fsp3) is 0.167. The molecule has 0 aliphatic carbocycles. The van der Waals surface area contributed by atoms with Gasteiger partial charge in [0.05, 0.1) is 4.90 Å². The molecule has 0 heterocycles. The average molecular weight is 499 g/mol. The molecule has 0 unspecified atom stereocenters. The minimum atomic E-state index is -3.89. The van der Waals surface area contributed by atoms with Gasteiger partial charge in [-0.2, -0.15) is 8.42 Å². The second-order valence-electron chi connectivity index (χ2n) is 9.11. The number of benzene rings is 4. The summed E-state index contributed by atoms with van der Waals surface area (Å²) in [5.74, 6) is 1.67. The third-order valence-corrected chi connectivity index (χ3v) is 7.46. The minimum absolute atomic E-state index is 0.123. The number of sulfonamides is 1. The zero-order valence-electron chi connectivity index (χ0n) is 20.7. The molecular weight excluding hydrogens is 468 g/mol. The van der Waals surface area contributed by atoms with Crippen LogP contribution in [0.25, 0.3) is 0 Å². The van der Waals surface area contributed by atoms with Crippen molar-refractivity contribution >= 4 is 21.5 Å². The van der Waals surface area contributed by atoms with E-state index in [1.807, 2.05) is 66.7 Å². The molecule has 5 nitrogen and oxygen atoms in total. The fourth-order valence-corrected chi connectivity index (χ4v) is 4.56. The van der Waals surface area contributed by atoms with Crippen LogP contribution in [0.5, 0.6) is 11.5 Å². The Bertz CT molecular complexity index is 1410. The van der Waals surface area contributed by atoms with Gasteiger partial charge in [0.15, 0.2) is 5.84 Å². The Labute approximate surface area is 213 Å². The molecule has 0 bridgehead atoms. The fourth-order valence-electron chi connectivity index (χ4n) is 3.57. The minimum Gasteiger partial charge on any atom is -0.457 e. The molecule has 0 aromatic heterocycles. The van der Waals surface area contributed by atoms with Gasteiger partial charge in [-0.3, -0.25) is 0 Å². The quantitative estimate of drug-likeness (QED) is 0.203. The van der Waals surface area contributed by atoms with Gasteiger partial charge in [-0.15, -0.1) is 4.40 Å². The Hall–Kier alpha value is -3.90. The zero-order chi connectivity index (χ0) is 25.6. The lowest BCUT2D eigenvalue weighted by Crippen LogP contribution is -2.16. The van der Waals surface area contributed by atoms with Crippen LogP contribution in [0.3, 0.4) is 0 Å². The molecule has 4 aromatic carbocycles. The number of anilines is 1. The van der Waals surface area contributed by atoms with E-state index in [4.69, 9.17) is 4.74 Å². The third kappa shape index (κ3) is 6.20. The number of amidine groups is 1. The summed E-state index contributed by atoms with van der Waals surface area (Å²) in [5, 5.41) is 3.16. The normalized spacial score (nSPS) is 12.2. The molecule has 0 fully saturated rings. The summed E-state index contributed by atoms with van der Waals surface area (Å²) in [5.41, 5.74) is 2.74. The maximum absolute atomic E-state index is 12.9. The van der Waals surface area contributed by atoms with Crippen LogP contribution < -0.4 is 10.1 Å². The molecular formula is C30H30N2O3S. The predicted octanol–water partition coefficient (Wildman–Crippen LogP) is 7.41. The van der Waals surface area contributed by atoms with Gasteiger partial charge < -0.3 is 10.1 Å². The van der Waals surface area contributed by atoms with E-state index in [1.165, 1.54) is 17.7 Å². The maximum Gasteiger partial charge on any atom is 0.284 e. The molecule has 0 spiro atoms. The summed E-state index contributed by atoms with van der Waals surface area (Å²) in [6, 6.07) is 32.8. The van der Waals surface area contributed by atoms with Crippen LogP contribution in [-0.4, -0.2) is 14.3 Å². The Morgan fingerprint density at radius 1 is 0.778 bits per heavy atom. The number of hydrogen-bond donors (Lipinski definition) is 1. The van der Waals surface area contributed by atoms with Crippen molar-refractivity contribution in [3.63, 3.8) is 0 Å². The van der Waals surface area contributed by atoms with Crippen LogP contribution in [0.1, 0.15) is 38.3 Å². The monoisotopic (exact) mass is 498 g/mol. The van der Waals surface area contributed by atoms with Crippen molar-refractivity contribution in [2.45, 2.75) is 37.5 Å². The Balaban J connectivity index is 1.54. The summed E-state index contributed by atoms with van der Waals surface area (Å²) in [4.78, 5) is 0.136. The summed E-state index contributed by atoms with van der Waals surface area (Å²) in [7, 11) is -3.89. The van der Waals surface area contributed by atoms with Crippen LogP contribution in [-0.2, 0) is 15.4 Å². The lowest BCUT2D eigenvalue weighted by Gasteiger charge is -2.23. The number of hydrogen-bond acceptors (Lipinski definition) is 3. The van der Waals surface area contributed by atoms with Crippen LogP contribution in [0, 0.1) is 0 Å². The molecule has 0 aliphatic rings. The maximum atomic E-state index is 12.9. The van der Waals surface area contributed by atoms with E-state index in [0.29, 0.717) is 17.0 Å². The highest BCUT2D eigenvalue weighted by molar-refractivity contribution is 7.90. The molecule has 0 amide bonds. The zero-order valence-corrected chi connectivity index (χ0v) is 21.5. The molecule has 6 heteroatoms. The van der Waals surface area contributed by atoms with E-state index < -0.39 is 10.0 Å². The number of rotatable bonds is 8. The summed E-state index contributed by atoms with van der Waals surface area (Å²) in [6.07, 6.45) is 1.06. The first-order chi connectivity index (χ1) is 17.3. The van der Waals surface area contributed by atoms with Crippen molar-refractivity contribution in [3.05, 3.63) is 120 Å². The third-order valence-electron chi connectivity index (χ3n) is 6.17. The molecule has 36 heavy (non-hydrogen) atoms. The average Bonchev–Trinajstić information content (AvgIpc) is 2.90. The molecule has 0 saturated heterocycles. The van der Waals surface area contributed by atoms with E-state index >= 15 is 0 Å². The first kappa shape index (κ1) is 25.2. The Kier molecular flexibility index (Phi) is 7.55. The van der Waals surface area contributed by atoms with Crippen LogP contribution >= 0.6 is 0 Å². The van der Waals surface area contributed by atoms with Gasteiger partial charge in [0.2, 0.25) is 0 Å². The highest BCUT2D eigenvalue weighted by atomic mass is 32.2. The first-order valence-electron chi connectivity index (χ1n) is 11.9. The molecule has 0 atom stereocenters. The summed E-state index contributed by atoms with van der Waals surface area (Å²) >= 11 is 0. The van der Waals surface area contributed by atoms with Gasteiger partial charge in [-0.1, -0.05) is 81.4 Å². The summed E-state index contributed by atoms with van der Waals surface area (Å²) in [6.45, 7) is 6.64. The highest BCUT2D eigenvalue weighted by Crippen LogP contribution is 2.30. The second-order valence-corrected chi connectivity index (χ2v) is 10.7. The number of ether oxygens (including phenoxy) is 1. The predicted molar refractivity (Wildman–Crippen MR) is 147 cm³/mol. The molecule has 0 aliphatic heterocycles. The van der Waals surface area contributed by atoms with Crippen molar-refractivity contribution in [1.29, 1.82) is 0 Å². The molecule has 1 N–H and O–H groups in total. The van der Waals surface area contributed by atoms with Crippen molar-refractivity contribution in [1.82, 2.24) is 0 Å². The van der Waals surface area contributed by atoms with E-state index in [0.717, 1.165) is 12.2 Å². The van der Waals surface area contributed by atoms with E-state index in [2.05, 4.69) is 42.6 Å². The molecule has 4 aromatic rings. The second kappa shape index (κ2) is 10.8. The van der Waals surface area contributed by atoms with Gasteiger partial charge in [0, 0.05) is 11.3 Å². The van der Waals surface area contributed by atoms with Gasteiger partial charge in [0.1, 0.15) is 11.5 Å². The van der Waals surface area contributed by atoms with Gasteiger partial charge in [0.25, 0.3) is 10.0 Å². The van der Waals surface area contributed by atoms with Crippen LogP contribution in [0.2, 0.25) is 0 Å². The highest BCUT2D eigenvalue weighted by Gasteiger charge is 2.18. The molecule has 0 saturated carbocycles. The van der Waals surface area contributed by atoms with Crippen molar-refractivity contribution in [3.8, 4) is 11.5 Å². The SMILES string of the molecule is CCC(C)(C)c1ccc(Oc2ccc(N/C(=N\S(=O)(=O)c3ccccc3)c3ccccc3)cc2)cc1. The van der Waals surface area contributed by atoms with E-state index in [1.54, 1.807) is 18.2 Å². The van der Waals surface area contributed by atoms with Crippen molar-refractivity contribution in [2.24, 2.45) is 4.40 Å². The van der Waals surface area contributed by atoms with E-state index in [-0.39, 0.29) is 16.1 Å². The first-order valence-corrected chi connectivity index (χ1v) is 13.3. The van der Waals surface area contributed by atoms with Crippen LogP contribution in [0.15, 0.2) is 118 Å². The standard InChI is InChI=1S/C30H30N2O3S/c1-4-30(2,3)24-15-19-26(20-16-24)35-27-21-17-25(18-22-27)31-29(23-11-7-5-8-12-23)32-36(33,34)28-13-9-6-10-14-28/h5-22H,4H2,1-3H3,(H,31,32). The largest absolute Gasteiger partial charge is 0.457 e. The number of nitrogens with zero attached hydrogens (tertiary/aromatic N) is 1. The number of nitrogens with one attached hydrogen (secondary N) is 1. The topological polar surface area (TPSA) is 67.8 Å². The lowest BCUT2D eigenvalue weighted by molar-refractivity contribution is 0.478. The summed E-state index contributed by atoms with van der Waals surface area (Å²) < 4.78 is 36.0. The van der Waals surface area contributed by atoms with Crippen molar-refractivity contribution < 1.29 is 13.2 Å². The lowest BCUT2D eigenvalue weighted by atomic mass is 9.82.